The summed E-state index contributed by atoms with van der Waals surface area (Å²) < 4.78 is 0. The van der Waals surface area contributed by atoms with Crippen molar-refractivity contribution in [2.75, 3.05) is 11.1 Å². The van der Waals surface area contributed by atoms with Crippen LogP contribution in [0, 0.1) is 6.92 Å². The summed E-state index contributed by atoms with van der Waals surface area (Å²) in [7, 11) is 0. The average molecular weight is 226 g/mol. The minimum atomic E-state index is 0.251. The Hall–Kier alpha value is -1.96. The van der Waals surface area contributed by atoms with Gasteiger partial charge in [-0.1, -0.05) is 36.4 Å². The minimum Gasteiger partial charge on any atom is -0.397 e. The highest BCUT2D eigenvalue weighted by Crippen LogP contribution is 2.24. The van der Waals surface area contributed by atoms with Crippen molar-refractivity contribution < 1.29 is 0 Å². The molecule has 3 N–H and O–H groups in total. The molecule has 0 radical (unpaired) electrons. The normalized spacial score (nSPS) is 12.1. The lowest BCUT2D eigenvalue weighted by molar-refractivity contribution is 0.885. The van der Waals surface area contributed by atoms with Crippen LogP contribution in [0.3, 0.4) is 0 Å². The predicted molar refractivity (Wildman–Crippen MR) is 74.1 cm³/mol. The van der Waals surface area contributed by atoms with Gasteiger partial charge in [0.1, 0.15) is 0 Å². The first-order chi connectivity index (χ1) is 8.16. The van der Waals surface area contributed by atoms with Gasteiger partial charge in [0.2, 0.25) is 0 Å². The topological polar surface area (TPSA) is 38.0 Å². The highest BCUT2D eigenvalue weighted by Gasteiger charge is 2.06. The van der Waals surface area contributed by atoms with E-state index in [0.29, 0.717) is 0 Å². The Bertz CT molecular complexity index is 492. The summed E-state index contributed by atoms with van der Waals surface area (Å²) in [6, 6.07) is 16.7. The number of nitrogen functional groups attached to an aromatic ring is 1. The van der Waals surface area contributed by atoms with Gasteiger partial charge in [0.05, 0.1) is 11.4 Å². The lowest BCUT2D eigenvalue weighted by Gasteiger charge is -2.17. The van der Waals surface area contributed by atoms with Crippen LogP contribution in [0.4, 0.5) is 11.4 Å². The summed E-state index contributed by atoms with van der Waals surface area (Å²) in [5.74, 6) is 0. The van der Waals surface area contributed by atoms with Crippen molar-refractivity contribution in [1.82, 2.24) is 0 Å². The van der Waals surface area contributed by atoms with E-state index in [9.17, 15) is 0 Å². The zero-order valence-corrected chi connectivity index (χ0v) is 10.3. The number of hydrogen-bond donors (Lipinski definition) is 2. The monoisotopic (exact) mass is 226 g/mol. The van der Waals surface area contributed by atoms with Gasteiger partial charge in [-0.05, 0) is 37.1 Å². The van der Waals surface area contributed by atoms with Crippen LogP contribution in [-0.4, -0.2) is 0 Å². The molecule has 2 aromatic carbocycles. The van der Waals surface area contributed by atoms with E-state index >= 15 is 0 Å². The molecule has 0 amide bonds. The summed E-state index contributed by atoms with van der Waals surface area (Å²) in [6.45, 7) is 4.18. The number of aryl methyl sites for hydroxylation is 1. The third-order valence-corrected chi connectivity index (χ3v) is 2.88. The molecular formula is C15H18N2. The lowest BCUT2D eigenvalue weighted by Crippen LogP contribution is -2.08. The minimum absolute atomic E-state index is 0.251. The Morgan fingerprint density at radius 3 is 2.41 bits per heavy atom. The molecule has 2 nitrogen and oxygen atoms in total. The summed E-state index contributed by atoms with van der Waals surface area (Å²) in [4.78, 5) is 0. The average Bonchev–Trinajstić information content (AvgIpc) is 2.34. The third kappa shape index (κ3) is 2.78. The molecule has 0 saturated heterocycles. The number of rotatable bonds is 3. The Morgan fingerprint density at radius 1 is 1.06 bits per heavy atom. The van der Waals surface area contributed by atoms with Crippen LogP contribution in [0.15, 0.2) is 48.5 Å². The van der Waals surface area contributed by atoms with Crippen LogP contribution < -0.4 is 11.1 Å². The van der Waals surface area contributed by atoms with Crippen LogP contribution in [0.2, 0.25) is 0 Å². The molecule has 17 heavy (non-hydrogen) atoms. The smallest absolute Gasteiger partial charge is 0.0578 e. The molecule has 0 bridgehead atoms. The Kier molecular flexibility index (Phi) is 3.33. The Balaban J connectivity index is 2.16. The molecule has 0 aliphatic rings. The molecule has 88 valence electrons. The van der Waals surface area contributed by atoms with E-state index < -0.39 is 0 Å². The SMILES string of the molecule is Cc1ccc(NC(C)c2ccccc2)c(N)c1. The molecule has 1 unspecified atom stereocenters. The second-order valence-corrected chi connectivity index (χ2v) is 4.37. The van der Waals surface area contributed by atoms with Gasteiger partial charge in [0.15, 0.2) is 0 Å². The van der Waals surface area contributed by atoms with Crippen LogP contribution in [-0.2, 0) is 0 Å². The van der Waals surface area contributed by atoms with Gasteiger partial charge in [-0.2, -0.15) is 0 Å². The molecule has 0 aliphatic carbocycles. The molecule has 2 rings (SSSR count). The summed E-state index contributed by atoms with van der Waals surface area (Å²) in [6.07, 6.45) is 0. The fraction of sp³-hybridized carbons (Fsp3) is 0.200. The van der Waals surface area contributed by atoms with Gasteiger partial charge in [-0.25, -0.2) is 0 Å². The number of nitrogens with one attached hydrogen (secondary N) is 1. The maximum absolute atomic E-state index is 5.99. The fourth-order valence-corrected chi connectivity index (χ4v) is 1.87. The largest absolute Gasteiger partial charge is 0.397 e. The van der Waals surface area contributed by atoms with Crippen molar-refractivity contribution in [1.29, 1.82) is 0 Å². The van der Waals surface area contributed by atoms with Crippen molar-refractivity contribution in [2.45, 2.75) is 19.9 Å². The van der Waals surface area contributed by atoms with E-state index in [-0.39, 0.29) is 6.04 Å². The van der Waals surface area contributed by atoms with E-state index in [0.717, 1.165) is 11.4 Å². The van der Waals surface area contributed by atoms with E-state index in [1.54, 1.807) is 0 Å². The van der Waals surface area contributed by atoms with Crippen molar-refractivity contribution >= 4 is 11.4 Å². The molecule has 2 heteroatoms. The van der Waals surface area contributed by atoms with Gasteiger partial charge in [0, 0.05) is 6.04 Å². The van der Waals surface area contributed by atoms with Crippen molar-refractivity contribution in [3.05, 3.63) is 59.7 Å². The van der Waals surface area contributed by atoms with Gasteiger partial charge in [-0.3, -0.25) is 0 Å². The van der Waals surface area contributed by atoms with Gasteiger partial charge < -0.3 is 11.1 Å². The molecule has 2 aromatic rings. The molecular weight excluding hydrogens is 208 g/mol. The van der Waals surface area contributed by atoms with Crippen molar-refractivity contribution in [3.63, 3.8) is 0 Å². The third-order valence-electron chi connectivity index (χ3n) is 2.88. The summed E-state index contributed by atoms with van der Waals surface area (Å²) >= 11 is 0. The molecule has 0 heterocycles. The highest BCUT2D eigenvalue weighted by molar-refractivity contribution is 5.67. The fourth-order valence-electron chi connectivity index (χ4n) is 1.87. The number of anilines is 2. The molecule has 1 atom stereocenters. The molecule has 0 saturated carbocycles. The van der Waals surface area contributed by atoms with Crippen LogP contribution in [0.25, 0.3) is 0 Å². The molecule has 0 aliphatic heterocycles. The first-order valence-electron chi connectivity index (χ1n) is 5.84. The van der Waals surface area contributed by atoms with Crippen LogP contribution in [0.5, 0.6) is 0 Å². The number of nitrogens with two attached hydrogens (primary N) is 1. The second kappa shape index (κ2) is 4.91. The van der Waals surface area contributed by atoms with Gasteiger partial charge in [-0.15, -0.1) is 0 Å². The Labute approximate surface area is 102 Å². The van der Waals surface area contributed by atoms with E-state index in [1.807, 2.05) is 37.3 Å². The first kappa shape index (κ1) is 11.5. The number of benzene rings is 2. The summed E-state index contributed by atoms with van der Waals surface area (Å²) in [5.41, 5.74) is 10.2. The van der Waals surface area contributed by atoms with E-state index in [2.05, 4.69) is 30.4 Å². The highest BCUT2D eigenvalue weighted by atomic mass is 14.9. The van der Waals surface area contributed by atoms with Gasteiger partial charge >= 0.3 is 0 Å². The zero-order valence-electron chi connectivity index (χ0n) is 10.3. The second-order valence-electron chi connectivity index (χ2n) is 4.37. The number of hydrogen-bond acceptors (Lipinski definition) is 2. The summed E-state index contributed by atoms with van der Waals surface area (Å²) in [5, 5.41) is 3.43. The molecule has 0 fully saturated rings. The van der Waals surface area contributed by atoms with E-state index in [4.69, 9.17) is 5.73 Å². The standard InChI is InChI=1S/C15H18N2/c1-11-8-9-15(14(16)10-11)17-12(2)13-6-4-3-5-7-13/h3-10,12,17H,16H2,1-2H3. The molecule has 0 spiro atoms. The van der Waals surface area contributed by atoms with E-state index in [1.165, 1.54) is 11.1 Å². The van der Waals surface area contributed by atoms with Crippen LogP contribution in [0.1, 0.15) is 24.1 Å². The maximum Gasteiger partial charge on any atom is 0.0578 e. The van der Waals surface area contributed by atoms with Gasteiger partial charge in [0.25, 0.3) is 0 Å². The van der Waals surface area contributed by atoms with Crippen molar-refractivity contribution in [2.24, 2.45) is 0 Å². The molecule has 0 aromatic heterocycles. The quantitative estimate of drug-likeness (QED) is 0.782. The zero-order chi connectivity index (χ0) is 12.3. The Morgan fingerprint density at radius 2 is 1.76 bits per heavy atom. The predicted octanol–water partition coefficient (Wildman–Crippen LogP) is 3.75. The maximum atomic E-state index is 5.99. The first-order valence-corrected chi connectivity index (χ1v) is 5.84. The lowest BCUT2D eigenvalue weighted by atomic mass is 10.1. The van der Waals surface area contributed by atoms with Crippen molar-refractivity contribution in [3.8, 4) is 0 Å². The van der Waals surface area contributed by atoms with Crippen LogP contribution >= 0.6 is 0 Å².